The van der Waals surface area contributed by atoms with Gasteiger partial charge in [0.05, 0.1) is 0 Å². The Morgan fingerprint density at radius 2 is 2.19 bits per heavy atom. The molecule has 0 bridgehead atoms. The van der Waals surface area contributed by atoms with Gasteiger partial charge in [-0.3, -0.25) is 4.79 Å². The highest BCUT2D eigenvalue weighted by molar-refractivity contribution is 9.09. The molecule has 0 amide bonds. The van der Waals surface area contributed by atoms with E-state index in [-0.39, 0.29) is 0 Å². The zero-order valence-electron chi connectivity index (χ0n) is 8.12. The van der Waals surface area contributed by atoms with Gasteiger partial charge >= 0.3 is 0 Å². The molecule has 0 saturated carbocycles. The number of nitrogens with zero attached hydrogens (tertiary/aromatic N) is 3. The van der Waals surface area contributed by atoms with Crippen LogP contribution in [0.25, 0.3) is 0 Å². The van der Waals surface area contributed by atoms with Crippen molar-refractivity contribution in [3.63, 3.8) is 0 Å². The molecular weight excluding hydrogens is 307 g/mol. The number of Topliss-reactive ketones (excluding diaryl/α,β-unsaturated/α-hetero) is 1. The predicted molar refractivity (Wildman–Crippen MR) is 58.1 cm³/mol. The molecule has 0 saturated heterocycles. The van der Waals surface area contributed by atoms with E-state index in [1.165, 1.54) is 12.7 Å². The van der Waals surface area contributed by atoms with Crippen molar-refractivity contribution in [2.24, 2.45) is 5.41 Å². The van der Waals surface area contributed by atoms with Crippen LogP contribution < -0.4 is 0 Å². The van der Waals surface area contributed by atoms with Gasteiger partial charge in [-0.15, -0.1) is 11.6 Å². The molecular formula is C8H9BrClF2N3O. The molecule has 0 spiro atoms. The summed E-state index contributed by atoms with van der Waals surface area (Å²) in [5, 5.41) is 3.70. The summed E-state index contributed by atoms with van der Waals surface area (Å²) in [5.41, 5.74) is -1.82. The van der Waals surface area contributed by atoms with Gasteiger partial charge in [-0.05, 0) is 0 Å². The lowest BCUT2D eigenvalue weighted by atomic mass is 9.88. The number of carbonyl (C=O) groups is 1. The van der Waals surface area contributed by atoms with Gasteiger partial charge < -0.3 is 0 Å². The third-order valence-corrected chi connectivity index (χ3v) is 3.52. The third-order valence-electron chi connectivity index (χ3n) is 2.18. The van der Waals surface area contributed by atoms with Crippen LogP contribution in [0, 0.1) is 5.41 Å². The van der Waals surface area contributed by atoms with Crippen LogP contribution in [0.3, 0.4) is 0 Å². The quantitative estimate of drug-likeness (QED) is 0.753. The summed E-state index contributed by atoms with van der Waals surface area (Å²) in [7, 11) is 0. The maximum absolute atomic E-state index is 12.8. The summed E-state index contributed by atoms with van der Waals surface area (Å²) in [5.74, 6) is -1.12. The van der Waals surface area contributed by atoms with E-state index in [0.717, 1.165) is 4.68 Å². The number of aromatic nitrogens is 3. The monoisotopic (exact) mass is 315 g/mol. The molecule has 0 N–H and O–H groups in total. The summed E-state index contributed by atoms with van der Waals surface area (Å²) in [4.78, 5) is 14.5. The van der Waals surface area contributed by atoms with Gasteiger partial charge in [0.1, 0.15) is 31.4 Å². The Labute approximate surface area is 104 Å². The molecule has 0 radical (unpaired) electrons. The minimum Gasteiger partial charge on any atom is -0.295 e. The molecule has 1 heterocycles. The zero-order chi connectivity index (χ0) is 12.2. The summed E-state index contributed by atoms with van der Waals surface area (Å²) in [6.07, 6.45) is 2.49. The number of halogens is 4. The fourth-order valence-electron chi connectivity index (χ4n) is 1.01. The second kappa shape index (κ2) is 5.67. The number of carbonyl (C=O) groups excluding carboxylic acids is 1. The van der Waals surface area contributed by atoms with E-state index in [1.807, 2.05) is 0 Å². The van der Waals surface area contributed by atoms with Crippen LogP contribution in [-0.2, 0) is 4.79 Å². The van der Waals surface area contributed by atoms with Gasteiger partial charge in [-0.25, -0.2) is 18.4 Å². The second-order valence-corrected chi connectivity index (χ2v) is 4.39. The van der Waals surface area contributed by atoms with E-state index < -0.39 is 35.4 Å². The van der Waals surface area contributed by atoms with E-state index >= 15 is 0 Å². The highest BCUT2D eigenvalue weighted by atomic mass is 79.9. The third kappa shape index (κ3) is 2.40. The first kappa shape index (κ1) is 13.5. The summed E-state index contributed by atoms with van der Waals surface area (Å²) >= 11 is 8.47. The fraction of sp³-hybridized carbons (Fsp3) is 0.625. The van der Waals surface area contributed by atoms with Crippen molar-refractivity contribution in [2.75, 3.05) is 19.2 Å². The minimum absolute atomic E-state index is 0.421. The van der Waals surface area contributed by atoms with Gasteiger partial charge in [0.2, 0.25) is 0 Å². The van der Waals surface area contributed by atoms with Gasteiger partial charge in [-0.2, -0.15) is 5.10 Å². The van der Waals surface area contributed by atoms with Gasteiger partial charge in [0, 0.05) is 5.88 Å². The minimum atomic E-state index is -1.82. The predicted octanol–water partition coefficient (Wildman–Crippen LogP) is 1.90. The van der Waals surface area contributed by atoms with Crippen molar-refractivity contribution in [1.82, 2.24) is 14.8 Å². The van der Waals surface area contributed by atoms with E-state index in [1.54, 1.807) is 0 Å². The molecule has 4 nitrogen and oxygen atoms in total. The lowest BCUT2D eigenvalue weighted by Crippen LogP contribution is -2.41. The average Bonchev–Trinajstić information content (AvgIpc) is 2.84. The van der Waals surface area contributed by atoms with Crippen molar-refractivity contribution in [1.29, 1.82) is 0 Å². The molecule has 0 aromatic carbocycles. The number of ketones is 1. The smallest absolute Gasteiger partial charge is 0.180 e. The molecule has 0 aliphatic heterocycles. The molecule has 16 heavy (non-hydrogen) atoms. The molecule has 1 aromatic heterocycles. The van der Waals surface area contributed by atoms with E-state index in [9.17, 15) is 13.6 Å². The number of hydrogen-bond donors (Lipinski definition) is 0. The first-order chi connectivity index (χ1) is 7.61. The Bertz CT molecular complexity index is 337. The standard InChI is InChI=1S/C8H9BrClF2N3O/c9-7(15-5-13-4-14-15)6(16)8(1-10,2-11)3-12/h4-5,7H,1-3H2. The number of rotatable bonds is 6. The van der Waals surface area contributed by atoms with Gasteiger partial charge in [0.25, 0.3) is 0 Å². The van der Waals surface area contributed by atoms with Crippen LogP contribution >= 0.6 is 27.5 Å². The van der Waals surface area contributed by atoms with Crippen molar-refractivity contribution >= 4 is 33.3 Å². The molecule has 1 aromatic rings. The largest absolute Gasteiger partial charge is 0.295 e. The number of alkyl halides is 4. The van der Waals surface area contributed by atoms with Crippen LogP contribution in [0.2, 0.25) is 0 Å². The Morgan fingerprint density at radius 1 is 1.56 bits per heavy atom. The van der Waals surface area contributed by atoms with Crippen LogP contribution in [0.4, 0.5) is 8.78 Å². The van der Waals surface area contributed by atoms with Gasteiger partial charge in [-0.1, -0.05) is 15.9 Å². The topological polar surface area (TPSA) is 47.8 Å². The van der Waals surface area contributed by atoms with Crippen LogP contribution in [-0.4, -0.2) is 39.8 Å². The van der Waals surface area contributed by atoms with Crippen molar-refractivity contribution in [2.45, 2.75) is 4.95 Å². The van der Waals surface area contributed by atoms with Crippen LogP contribution in [0.5, 0.6) is 0 Å². The second-order valence-electron chi connectivity index (χ2n) is 3.26. The molecule has 1 unspecified atom stereocenters. The highest BCUT2D eigenvalue weighted by Crippen LogP contribution is 2.30. The first-order valence-corrected chi connectivity index (χ1v) is 5.76. The molecule has 8 heteroatoms. The first-order valence-electron chi connectivity index (χ1n) is 4.31. The molecule has 90 valence electrons. The Balaban J connectivity index is 2.91. The Morgan fingerprint density at radius 3 is 2.56 bits per heavy atom. The summed E-state index contributed by atoms with van der Waals surface area (Å²) in [6, 6.07) is 0. The molecule has 1 rings (SSSR count). The lowest BCUT2D eigenvalue weighted by Gasteiger charge is -2.25. The van der Waals surface area contributed by atoms with E-state index in [4.69, 9.17) is 11.6 Å². The Kier molecular flexibility index (Phi) is 4.79. The maximum Gasteiger partial charge on any atom is 0.180 e. The Hall–Kier alpha value is -0.560. The maximum atomic E-state index is 12.8. The van der Waals surface area contributed by atoms with Crippen molar-refractivity contribution in [3.8, 4) is 0 Å². The van der Waals surface area contributed by atoms with Gasteiger partial charge in [0.15, 0.2) is 10.7 Å². The molecule has 1 atom stereocenters. The zero-order valence-corrected chi connectivity index (χ0v) is 10.5. The summed E-state index contributed by atoms with van der Waals surface area (Å²) < 4.78 is 26.7. The van der Waals surface area contributed by atoms with E-state index in [2.05, 4.69) is 26.0 Å². The SMILES string of the molecule is O=C(C(Br)n1cncn1)C(CF)(CF)CCl. The molecule has 0 aliphatic carbocycles. The normalized spacial score (nSPS) is 13.8. The summed E-state index contributed by atoms with van der Waals surface area (Å²) in [6.45, 7) is -2.30. The van der Waals surface area contributed by atoms with Crippen molar-refractivity contribution < 1.29 is 13.6 Å². The average molecular weight is 317 g/mol. The van der Waals surface area contributed by atoms with Crippen LogP contribution in [0.1, 0.15) is 4.95 Å². The molecule has 0 aliphatic rings. The fourth-order valence-corrected chi connectivity index (χ4v) is 1.98. The lowest BCUT2D eigenvalue weighted by molar-refractivity contribution is -0.130. The number of hydrogen-bond acceptors (Lipinski definition) is 3. The highest BCUT2D eigenvalue weighted by Gasteiger charge is 2.42. The molecule has 0 fully saturated rings. The van der Waals surface area contributed by atoms with E-state index in [0.29, 0.717) is 0 Å². The van der Waals surface area contributed by atoms with Crippen LogP contribution in [0.15, 0.2) is 12.7 Å². The van der Waals surface area contributed by atoms with Crippen molar-refractivity contribution in [3.05, 3.63) is 12.7 Å².